The first kappa shape index (κ1) is 11.0. The number of quaternary nitrogens is 1. The number of nitrogens with two attached hydrogens (primary N) is 1. The summed E-state index contributed by atoms with van der Waals surface area (Å²) >= 11 is 0. The van der Waals surface area contributed by atoms with Gasteiger partial charge < -0.3 is 5.73 Å². The number of nitrogens with zero attached hydrogens (tertiary/aromatic N) is 2. The van der Waals surface area contributed by atoms with Crippen molar-refractivity contribution in [2.24, 2.45) is 10.7 Å². The highest BCUT2D eigenvalue weighted by molar-refractivity contribution is 5.81. The second kappa shape index (κ2) is 4.20. The molecule has 0 bridgehead atoms. The summed E-state index contributed by atoms with van der Waals surface area (Å²) in [5.41, 5.74) is 9.58. The van der Waals surface area contributed by atoms with Gasteiger partial charge >= 0.3 is 0 Å². The molecular formula is C13H18N3+. The molecule has 1 aromatic carbocycles. The minimum atomic E-state index is 0.643. The van der Waals surface area contributed by atoms with E-state index in [0.717, 1.165) is 6.54 Å². The van der Waals surface area contributed by atoms with Gasteiger partial charge in [0.2, 0.25) is 0 Å². The molecule has 1 atom stereocenters. The fourth-order valence-electron chi connectivity index (χ4n) is 2.41. The van der Waals surface area contributed by atoms with Crippen molar-refractivity contribution < 1.29 is 0 Å². The molecule has 3 heteroatoms. The van der Waals surface area contributed by atoms with Crippen molar-refractivity contribution in [3.8, 4) is 0 Å². The molecular weight excluding hydrogens is 198 g/mol. The lowest BCUT2D eigenvalue weighted by atomic mass is 10.1. The van der Waals surface area contributed by atoms with Crippen molar-refractivity contribution in [1.29, 1.82) is 0 Å². The molecule has 2 rings (SSSR count). The first-order chi connectivity index (χ1) is 7.69. The Morgan fingerprint density at radius 2 is 1.94 bits per heavy atom. The number of aliphatic imine (C=N–C) groups is 1. The van der Waals surface area contributed by atoms with Gasteiger partial charge in [0.15, 0.2) is 6.34 Å². The number of hydrogen-bond acceptors (Lipinski definition) is 2. The maximum absolute atomic E-state index is 5.72. The Balaban J connectivity index is 2.56. The fraction of sp³-hybridized carbons (Fsp3) is 0.308. The zero-order valence-corrected chi connectivity index (χ0v) is 9.85. The Morgan fingerprint density at radius 1 is 1.25 bits per heavy atom. The molecule has 0 fully saturated rings. The first-order valence-electron chi connectivity index (χ1n) is 5.56. The molecule has 1 aliphatic heterocycles. The summed E-state index contributed by atoms with van der Waals surface area (Å²) in [6, 6.07) is 6.36. The first-order valence-corrected chi connectivity index (χ1v) is 5.56. The van der Waals surface area contributed by atoms with Crippen molar-refractivity contribution >= 4 is 12.0 Å². The quantitative estimate of drug-likeness (QED) is 0.772. The normalized spacial score (nSPS) is 22.9. The van der Waals surface area contributed by atoms with Gasteiger partial charge in [-0.3, -0.25) is 0 Å². The van der Waals surface area contributed by atoms with Crippen LogP contribution in [0.25, 0.3) is 0 Å². The monoisotopic (exact) mass is 216 g/mol. The molecule has 0 spiro atoms. The highest BCUT2D eigenvalue weighted by Crippen LogP contribution is 2.31. The summed E-state index contributed by atoms with van der Waals surface area (Å²) in [7, 11) is 0. The van der Waals surface area contributed by atoms with Gasteiger partial charge in [0.1, 0.15) is 18.4 Å². The van der Waals surface area contributed by atoms with E-state index in [1.807, 2.05) is 12.5 Å². The summed E-state index contributed by atoms with van der Waals surface area (Å²) in [6.07, 6.45) is 5.91. The van der Waals surface area contributed by atoms with Crippen LogP contribution in [0.2, 0.25) is 0 Å². The average molecular weight is 216 g/mol. The van der Waals surface area contributed by atoms with Gasteiger partial charge in [0.05, 0.1) is 6.20 Å². The van der Waals surface area contributed by atoms with Crippen LogP contribution in [0.3, 0.4) is 0 Å². The van der Waals surface area contributed by atoms with Crippen molar-refractivity contribution in [3.05, 3.63) is 41.7 Å². The molecule has 3 nitrogen and oxygen atoms in total. The van der Waals surface area contributed by atoms with E-state index in [-0.39, 0.29) is 0 Å². The van der Waals surface area contributed by atoms with Crippen LogP contribution in [0, 0.1) is 13.8 Å². The Bertz CT molecular complexity index is 414. The molecule has 1 unspecified atom stereocenters. The van der Waals surface area contributed by atoms with Crippen molar-refractivity contribution in [1.82, 2.24) is 4.48 Å². The summed E-state index contributed by atoms with van der Waals surface area (Å²) < 4.78 is 0.648. The van der Waals surface area contributed by atoms with Gasteiger partial charge in [-0.15, -0.1) is 0 Å². The number of rotatable bonds is 3. The molecule has 1 heterocycles. The van der Waals surface area contributed by atoms with E-state index in [1.54, 1.807) is 0 Å². The number of hydrogen-bond donors (Lipinski definition) is 1. The highest BCUT2D eigenvalue weighted by Gasteiger charge is 2.31. The average Bonchev–Trinajstić information content (AvgIpc) is 2.67. The third kappa shape index (κ3) is 1.68. The van der Waals surface area contributed by atoms with Gasteiger partial charge in [-0.05, 0) is 13.8 Å². The molecule has 0 amide bonds. The molecule has 1 aromatic rings. The third-order valence-electron chi connectivity index (χ3n) is 3.05. The summed E-state index contributed by atoms with van der Waals surface area (Å²) in [4.78, 5) is 4.23. The van der Waals surface area contributed by atoms with Crippen LogP contribution in [0.5, 0.6) is 0 Å². The Kier molecular flexibility index (Phi) is 2.90. The van der Waals surface area contributed by atoms with Crippen molar-refractivity contribution in [2.75, 3.05) is 13.1 Å². The second-order valence-corrected chi connectivity index (χ2v) is 4.25. The van der Waals surface area contributed by atoms with Crippen LogP contribution in [0.1, 0.15) is 11.1 Å². The second-order valence-electron chi connectivity index (χ2n) is 4.25. The maximum Gasteiger partial charge on any atom is 0.199 e. The van der Waals surface area contributed by atoms with Crippen LogP contribution in [0.4, 0.5) is 5.69 Å². The van der Waals surface area contributed by atoms with E-state index >= 15 is 0 Å². The molecule has 1 aliphatic rings. The predicted octanol–water partition coefficient (Wildman–Crippen LogP) is 2.08. The van der Waals surface area contributed by atoms with E-state index < -0.39 is 0 Å². The van der Waals surface area contributed by atoms with Crippen LogP contribution >= 0.6 is 0 Å². The molecule has 0 radical (unpaired) electrons. The Labute approximate surface area is 96.5 Å². The molecule has 0 aromatic heterocycles. The van der Waals surface area contributed by atoms with Gasteiger partial charge in [0.25, 0.3) is 0 Å². The minimum absolute atomic E-state index is 0.643. The van der Waals surface area contributed by atoms with Crippen LogP contribution in [-0.4, -0.2) is 19.4 Å². The number of aryl methyl sites for hydroxylation is 2. The predicted molar refractivity (Wildman–Crippen MR) is 69.3 cm³/mol. The SMILES string of the molecule is Cc1cccc(C)c1[N+]1(CCN)C=CN=C1. The molecule has 0 saturated carbocycles. The third-order valence-corrected chi connectivity index (χ3v) is 3.05. The van der Waals surface area contributed by atoms with E-state index in [2.05, 4.69) is 43.2 Å². The standard InChI is InChI=1S/C13H18N3/c1-11-4-3-5-12(2)13(11)16(8-6-14)9-7-15-10-16/h3-5,7,9-10H,6,8,14H2,1-2H3/q+1. The lowest BCUT2D eigenvalue weighted by molar-refractivity contribution is 0.562. The largest absolute Gasteiger partial charge is 0.326 e. The zero-order valence-electron chi connectivity index (χ0n) is 9.85. The smallest absolute Gasteiger partial charge is 0.199 e. The van der Waals surface area contributed by atoms with Gasteiger partial charge in [-0.2, -0.15) is 0 Å². The highest BCUT2D eigenvalue weighted by atomic mass is 15.4. The molecule has 2 N–H and O–H groups in total. The fourth-order valence-corrected chi connectivity index (χ4v) is 2.41. The van der Waals surface area contributed by atoms with Gasteiger partial charge in [-0.25, -0.2) is 9.48 Å². The molecule has 84 valence electrons. The van der Waals surface area contributed by atoms with E-state index in [0.29, 0.717) is 11.0 Å². The summed E-state index contributed by atoms with van der Waals surface area (Å²) in [6.45, 7) is 5.77. The maximum atomic E-state index is 5.72. The van der Waals surface area contributed by atoms with Gasteiger partial charge in [0, 0.05) is 17.7 Å². The lowest BCUT2D eigenvalue weighted by Gasteiger charge is -2.29. The molecule has 0 aliphatic carbocycles. The van der Waals surface area contributed by atoms with Crippen molar-refractivity contribution in [3.63, 3.8) is 0 Å². The summed E-state index contributed by atoms with van der Waals surface area (Å²) in [5.74, 6) is 0. The molecule has 16 heavy (non-hydrogen) atoms. The number of benzene rings is 1. The zero-order chi connectivity index (χ0) is 11.6. The Morgan fingerprint density at radius 3 is 2.44 bits per heavy atom. The molecule has 0 saturated heterocycles. The lowest BCUT2D eigenvalue weighted by Crippen LogP contribution is -2.45. The van der Waals surface area contributed by atoms with Crippen molar-refractivity contribution in [2.45, 2.75) is 13.8 Å². The van der Waals surface area contributed by atoms with E-state index in [1.165, 1.54) is 16.8 Å². The van der Waals surface area contributed by atoms with Gasteiger partial charge in [-0.1, -0.05) is 18.2 Å². The number of para-hydroxylation sites is 1. The Hall–Kier alpha value is -1.45. The van der Waals surface area contributed by atoms with Crippen LogP contribution < -0.4 is 10.2 Å². The van der Waals surface area contributed by atoms with Crippen LogP contribution in [-0.2, 0) is 0 Å². The van der Waals surface area contributed by atoms with Crippen LogP contribution in [0.15, 0.2) is 35.6 Å². The van der Waals surface area contributed by atoms with E-state index in [9.17, 15) is 0 Å². The minimum Gasteiger partial charge on any atom is -0.326 e. The van der Waals surface area contributed by atoms with E-state index in [4.69, 9.17) is 5.73 Å². The summed E-state index contributed by atoms with van der Waals surface area (Å²) in [5, 5.41) is 0. The topological polar surface area (TPSA) is 38.4 Å².